The molecule has 0 radical (unpaired) electrons. The number of aromatic nitrogens is 2. The highest BCUT2D eigenvalue weighted by Crippen LogP contribution is 2.28. The summed E-state index contributed by atoms with van der Waals surface area (Å²) in [5.41, 5.74) is 1.52. The van der Waals surface area contributed by atoms with Crippen molar-refractivity contribution in [3.8, 4) is 0 Å². The van der Waals surface area contributed by atoms with Crippen LogP contribution in [0.3, 0.4) is 0 Å². The Bertz CT molecular complexity index is 976. The quantitative estimate of drug-likeness (QED) is 0.641. The molecule has 94 valence electrons. The van der Waals surface area contributed by atoms with Crippen molar-refractivity contribution < 1.29 is 0 Å². The van der Waals surface area contributed by atoms with Gasteiger partial charge in [0.2, 0.25) is 0 Å². The second kappa shape index (κ2) is 3.37. The summed E-state index contributed by atoms with van der Waals surface area (Å²) >= 11 is 6.60. The highest BCUT2D eigenvalue weighted by molar-refractivity contribution is 7.05. The molecule has 0 spiro atoms. The van der Waals surface area contributed by atoms with E-state index in [9.17, 15) is 0 Å². The second-order valence-electron chi connectivity index (χ2n) is 4.65. The molecule has 0 aromatic carbocycles. The summed E-state index contributed by atoms with van der Waals surface area (Å²) in [6, 6.07) is 7.60. The van der Waals surface area contributed by atoms with Crippen molar-refractivity contribution in [2.24, 2.45) is 20.0 Å². The Morgan fingerprint density at radius 1 is 0.750 bits per heavy atom. The van der Waals surface area contributed by atoms with E-state index in [1.165, 1.54) is 0 Å². The molecular weight excluding hydrogens is 274 g/mol. The number of amidine groups is 2. The molecule has 4 bridgehead atoms. The maximum absolute atomic E-state index is 6.60. The highest BCUT2D eigenvalue weighted by Gasteiger charge is 2.29. The van der Waals surface area contributed by atoms with Crippen molar-refractivity contribution in [3.05, 3.63) is 47.4 Å². The van der Waals surface area contributed by atoms with Crippen molar-refractivity contribution in [1.29, 1.82) is 0 Å². The van der Waals surface area contributed by atoms with Gasteiger partial charge in [-0.25, -0.2) is 20.0 Å². The van der Waals surface area contributed by atoms with Crippen LogP contribution in [0.15, 0.2) is 56.4 Å². The minimum Gasteiger partial charge on any atom is -0.320 e. The molecule has 2 aromatic heterocycles. The summed E-state index contributed by atoms with van der Waals surface area (Å²) in [5, 5.41) is 0. The van der Waals surface area contributed by atoms with Gasteiger partial charge in [-0.05, 0) is 36.4 Å². The van der Waals surface area contributed by atoms with Crippen molar-refractivity contribution in [1.82, 2.24) is 8.96 Å². The first-order valence-electron chi connectivity index (χ1n) is 6.15. The second-order valence-corrected chi connectivity index (χ2v) is 5.04. The summed E-state index contributed by atoms with van der Waals surface area (Å²) in [6.45, 7) is 0. The van der Waals surface area contributed by atoms with Crippen LogP contribution in [0, 0.1) is 0 Å². The molecule has 2 aromatic rings. The van der Waals surface area contributed by atoms with Crippen LogP contribution in [-0.4, -0.2) is 27.0 Å². The average Bonchev–Trinajstić information content (AvgIpc) is 3.12. The first-order chi connectivity index (χ1) is 9.79. The lowest BCUT2D eigenvalue weighted by molar-refractivity contribution is 0.928. The Morgan fingerprint density at radius 2 is 1.40 bits per heavy atom. The van der Waals surface area contributed by atoms with Crippen molar-refractivity contribution in [2.45, 2.75) is 0 Å². The third kappa shape index (κ3) is 1.20. The van der Waals surface area contributed by atoms with E-state index < -0.39 is 6.40 Å². The zero-order chi connectivity index (χ0) is 13.3. The van der Waals surface area contributed by atoms with E-state index in [1.807, 2.05) is 45.4 Å². The van der Waals surface area contributed by atoms with Gasteiger partial charge in [0, 0.05) is 0 Å². The number of fused-ring (bicyclic) bond motifs is 1. The maximum atomic E-state index is 6.60. The van der Waals surface area contributed by atoms with Crippen LogP contribution >= 0.6 is 11.5 Å². The number of aliphatic imine (C=N–C) groups is 2. The predicted molar refractivity (Wildman–Crippen MR) is 76.9 cm³/mol. The van der Waals surface area contributed by atoms with Gasteiger partial charge in [0.25, 0.3) is 0 Å². The van der Waals surface area contributed by atoms with Crippen LogP contribution in [0.1, 0.15) is 0 Å². The van der Waals surface area contributed by atoms with E-state index >= 15 is 0 Å². The molecule has 0 aliphatic carbocycles. The van der Waals surface area contributed by atoms with Crippen molar-refractivity contribution in [2.75, 3.05) is 0 Å². The van der Waals surface area contributed by atoms with Crippen LogP contribution in [0.25, 0.3) is 0 Å². The monoisotopic (exact) mass is 280 g/mol. The Labute approximate surface area is 118 Å². The van der Waals surface area contributed by atoms with Gasteiger partial charge in [0.1, 0.15) is 22.6 Å². The lowest BCUT2D eigenvalue weighted by Gasteiger charge is -2.17. The summed E-state index contributed by atoms with van der Waals surface area (Å²) in [5.74, 6) is 2.77. The molecular formula is C12H6BClN6. The molecule has 0 unspecified atom stereocenters. The third-order valence-electron chi connectivity index (χ3n) is 3.47. The van der Waals surface area contributed by atoms with Gasteiger partial charge < -0.3 is 8.96 Å². The molecule has 0 saturated carbocycles. The zero-order valence-electron chi connectivity index (χ0n) is 10.1. The molecule has 0 amide bonds. The smallest absolute Gasteiger partial charge is 0.320 e. The zero-order valence-corrected chi connectivity index (χ0v) is 10.9. The largest absolute Gasteiger partial charge is 0.499 e. The van der Waals surface area contributed by atoms with Gasteiger partial charge in [-0.3, -0.25) is 0 Å². The molecule has 0 fully saturated rings. The number of hydrogen-bond acceptors (Lipinski definition) is 4. The fourth-order valence-corrected chi connectivity index (χ4v) is 2.99. The Balaban J connectivity index is 2.02. The van der Waals surface area contributed by atoms with Crippen LogP contribution in [0.4, 0.5) is 11.6 Å². The van der Waals surface area contributed by atoms with Crippen LogP contribution in [0.5, 0.6) is 0 Å². The van der Waals surface area contributed by atoms with E-state index in [2.05, 4.69) is 20.0 Å². The lowest BCUT2D eigenvalue weighted by Crippen LogP contribution is -2.44. The van der Waals surface area contributed by atoms with Crippen LogP contribution in [-0.2, 0) is 0 Å². The molecule has 3 aliphatic heterocycles. The summed E-state index contributed by atoms with van der Waals surface area (Å²) < 4.78 is 3.74. The number of halogens is 1. The van der Waals surface area contributed by atoms with Gasteiger partial charge in [0.05, 0.1) is 0 Å². The van der Waals surface area contributed by atoms with Gasteiger partial charge in [0.15, 0.2) is 11.7 Å². The Hall–Kier alpha value is -2.41. The van der Waals surface area contributed by atoms with E-state index in [0.717, 1.165) is 22.6 Å². The molecule has 0 N–H and O–H groups in total. The summed E-state index contributed by atoms with van der Waals surface area (Å²) in [7, 11) is 0. The van der Waals surface area contributed by atoms with Gasteiger partial charge in [-0.2, -0.15) is 0 Å². The molecule has 20 heavy (non-hydrogen) atoms. The lowest BCUT2D eigenvalue weighted by atomic mass is 10.1. The minimum atomic E-state index is -0.432. The number of nitrogens with zero attached hydrogens (tertiary/aromatic N) is 6. The van der Waals surface area contributed by atoms with Crippen molar-refractivity contribution >= 4 is 41.2 Å². The van der Waals surface area contributed by atoms with E-state index in [-0.39, 0.29) is 0 Å². The number of hydrogen-bond donors (Lipinski definition) is 0. The molecule has 5 rings (SSSR count). The van der Waals surface area contributed by atoms with Crippen LogP contribution in [0.2, 0.25) is 0 Å². The molecule has 8 heteroatoms. The fraction of sp³-hybridized carbons (Fsp3) is 0. The van der Waals surface area contributed by atoms with Crippen LogP contribution < -0.4 is 11.0 Å². The Kier molecular flexibility index (Phi) is 1.75. The van der Waals surface area contributed by atoms with Gasteiger partial charge in [-0.1, -0.05) is 0 Å². The predicted octanol–water partition coefficient (Wildman–Crippen LogP) is 0.806. The standard InChI is InChI=1S/C12H6BClN6/c14-13-19-9-3-5-11(19)18-12-6-4-10(20(12)13)17-8-2-1-7(15-8)16-9/h1-6H. The molecule has 5 heterocycles. The molecule has 3 aliphatic rings. The summed E-state index contributed by atoms with van der Waals surface area (Å²) in [6.07, 6.45) is 3.25. The van der Waals surface area contributed by atoms with E-state index in [0.29, 0.717) is 11.7 Å². The topological polar surface area (TPSA) is 59.3 Å². The summed E-state index contributed by atoms with van der Waals surface area (Å²) in [4.78, 5) is 18.0. The fourth-order valence-electron chi connectivity index (χ4n) is 2.59. The number of rotatable bonds is 0. The van der Waals surface area contributed by atoms with Gasteiger partial charge >= 0.3 is 6.40 Å². The van der Waals surface area contributed by atoms with E-state index in [1.54, 1.807) is 0 Å². The van der Waals surface area contributed by atoms with Crippen molar-refractivity contribution in [3.63, 3.8) is 0 Å². The maximum Gasteiger partial charge on any atom is 0.499 e. The third-order valence-corrected chi connectivity index (χ3v) is 3.86. The highest BCUT2D eigenvalue weighted by atomic mass is 35.5. The van der Waals surface area contributed by atoms with Gasteiger partial charge in [-0.15, -0.1) is 11.5 Å². The first-order valence-corrected chi connectivity index (χ1v) is 6.59. The average molecular weight is 280 g/mol. The SMILES string of the molecule is ClB1n2c3ccc2N=c2ccc(n21)=NC1=NC(=N3)C=C1. The first kappa shape index (κ1) is 10.4. The molecule has 0 atom stereocenters. The molecule has 6 nitrogen and oxygen atoms in total. The molecule has 0 saturated heterocycles. The van der Waals surface area contributed by atoms with E-state index in [4.69, 9.17) is 11.5 Å². The minimum absolute atomic E-state index is 0.432. The Morgan fingerprint density at radius 3 is 2.20 bits per heavy atom. The normalized spacial score (nSPS) is 17.4.